The summed E-state index contributed by atoms with van der Waals surface area (Å²) in [7, 11) is 0. The molecule has 0 bridgehead atoms. The number of hydrogen-bond acceptors (Lipinski definition) is 6. The lowest BCUT2D eigenvalue weighted by atomic mass is 10.9. The molecule has 0 atom stereocenters. The zero-order chi connectivity index (χ0) is 8.01. The molecule has 0 spiro atoms. The average molecular weight is 171 g/mol. The van der Waals surface area contributed by atoms with Gasteiger partial charge in [0, 0.05) is 0 Å². The van der Waals surface area contributed by atoms with Crippen LogP contribution >= 0.6 is 11.3 Å². The maximum atomic E-state index is 9.11. The molecule has 58 valence electrons. The first-order valence-corrected chi connectivity index (χ1v) is 3.59. The number of nitrogen functional groups attached to an aromatic ring is 2. The summed E-state index contributed by atoms with van der Waals surface area (Å²) in [5.41, 5.74) is 10.7. The monoisotopic (exact) mass is 171 g/mol. The fraction of sp³-hybridized carbons (Fsp3) is 0. The second kappa shape index (κ2) is 1.76. The minimum atomic E-state index is -0.128. The van der Waals surface area contributed by atoms with Crippen LogP contribution in [0.2, 0.25) is 0 Å². The molecule has 0 saturated carbocycles. The van der Waals surface area contributed by atoms with Crippen LogP contribution in [-0.4, -0.2) is 19.7 Å². The fourth-order valence-corrected chi connectivity index (χ4v) is 1.48. The molecule has 0 aliphatic rings. The van der Waals surface area contributed by atoms with Crippen LogP contribution in [0.1, 0.15) is 0 Å². The molecule has 11 heavy (non-hydrogen) atoms. The molecule has 2 aromatic heterocycles. The summed E-state index contributed by atoms with van der Waals surface area (Å²) in [6.07, 6.45) is 0. The van der Waals surface area contributed by atoms with Crippen LogP contribution in [-0.2, 0) is 0 Å². The van der Waals surface area contributed by atoms with E-state index in [1.807, 2.05) is 0 Å². The number of nitrogens with zero attached hydrogens (tertiary/aromatic N) is 3. The molecule has 2 heterocycles. The van der Waals surface area contributed by atoms with Gasteiger partial charge in [-0.3, -0.25) is 0 Å². The first-order chi connectivity index (χ1) is 5.18. The van der Waals surface area contributed by atoms with Gasteiger partial charge in [-0.05, 0) is 0 Å². The van der Waals surface area contributed by atoms with Gasteiger partial charge in [-0.25, -0.2) is 0 Å². The molecule has 6 nitrogen and oxygen atoms in total. The quantitative estimate of drug-likeness (QED) is 0.503. The number of fused-ring (bicyclic) bond motifs is 1. The zero-order valence-corrected chi connectivity index (χ0v) is 6.17. The normalized spacial score (nSPS) is 10.9. The van der Waals surface area contributed by atoms with Crippen molar-refractivity contribution in [2.24, 2.45) is 0 Å². The van der Waals surface area contributed by atoms with Crippen molar-refractivity contribution >= 4 is 27.2 Å². The van der Waals surface area contributed by atoms with Crippen LogP contribution in [0.25, 0.3) is 4.83 Å². The van der Waals surface area contributed by atoms with E-state index in [1.54, 1.807) is 0 Å². The number of anilines is 2. The highest BCUT2D eigenvalue weighted by molar-refractivity contribution is 7.20. The van der Waals surface area contributed by atoms with Crippen molar-refractivity contribution in [3.8, 4) is 5.88 Å². The number of nitrogens with two attached hydrogens (primary N) is 2. The van der Waals surface area contributed by atoms with E-state index in [1.165, 1.54) is 4.52 Å². The molecule has 0 aliphatic heterocycles. The van der Waals surface area contributed by atoms with Crippen LogP contribution in [0.3, 0.4) is 0 Å². The van der Waals surface area contributed by atoms with Crippen molar-refractivity contribution in [3.63, 3.8) is 0 Å². The number of rotatable bonds is 0. The molecule has 2 aromatic rings. The van der Waals surface area contributed by atoms with Gasteiger partial charge >= 0.3 is 0 Å². The summed E-state index contributed by atoms with van der Waals surface area (Å²) in [6, 6.07) is 0. The lowest BCUT2D eigenvalue weighted by molar-refractivity contribution is 0.464. The highest BCUT2D eigenvalue weighted by atomic mass is 32.1. The Labute approximate surface area is 65.1 Å². The van der Waals surface area contributed by atoms with Gasteiger partial charge in [-0.1, -0.05) is 11.3 Å². The molecule has 0 radical (unpaired) electrons. The summed E-state index contributed by atoms with van der Waals surface area (Å²) in [6.45, 7) is 0. The summed E-state index contributed by atoms with van der Waals surface area (Å²) in [4.78, 5) is 4.05. The molecule has 2 rings (SSSR count). The number of aromatic hydroxyl groups is 1. The van der Waals surface area contributed by atoms with E-state index in [2.05, 4.69) is 10.1 Å². The Hall–Kier alpha value is -1.50. The van der Waals surface area contributed by atoms with E-state index in [9.17, 15) is 0 Å². The van der Waals surface area contributed by atoms with Gasteiger partial charge < -0.3 is 16.6 Å². The summed E-state index contributed by atoms with van der Waals surface area (Å²) >= 11 is 1.14. The van der Waals surface area contributed by atoms with Gasteiger partial charge in [0.15, 0.2) is 4.83 Å². The average Bonchev–Trinajstić information content (AvgIpc) is 2.38. The van der Waals surface area contributed by atoms with E-state index in [4.69, 9.17) is 16.6 Å². The van der Waals surface area contributed by atoms with E-state index >= 15 is 0 Å². The van der Waals surface area contributed by atoms with Crippen molar-refractivity contribution in [2.75, 3.05) is 11.5 Å². The fourth-order valence-electron chi connectivity index (χ4n) is 0.806. The Balaban J connectivity index is 2.92. The van der Waals surface area contributed by atoms with Crippen molar-refractivity contribution in [1.29, 1.82) is 0 Å². The molecule has 0 fully saturated rings. The lowest BCUT2D eigenvalue weighted by Gasteiger charge is -1.81. The topological polar surface area (TPSA) is 102 Å². The molecular formula is C4H5N5OS. The Bertz CT molecular complexity index is 369. The van der Waals surface area contributed by atoms with Gasteiger partial charge in [0.05, 0.1) is 0 Å². The third-order valence-corrected chi connectivity index (χ3v) is 2.06. The minimum Gasteiger partial charge on any atom is -0.491 e. The molecule has 0 unspecified atom stereocenters. The summed E-state index contributed by atoms with van der Waals surface area (Å²) in [5, 5.41) is 13.3. The van der Waals surface area contributed by atoms with E-state index in [-0.39, 0.29) is 11.8 Å². The standard InChI is InChI=1S/C4H5N5OS/c5-3-7-1(10)2-9(3)8-4(6)11-2/h10H,(H2,5,7)(H2,6,8). The summed E-state index contributed by atoms with van der Waals surface area (Å²) in [5.74, 6) is 0.0159. The lowest BCUT2D eigenvalue weighted by Crippen LogP contribution is -1.95. The van der Waals surface area contributed by atoms with Crippen molar-refractivity contribution < 1.29 is 5.11 Å². The van der Waals surface area contributed by atoms with Crippen LogP contribution < -0.4 is 11.5 Å². The predicted molar refractivity (Wildman–Crippen MR) is 41.4 cm³/mol. The smallest absolute Gasteiger partial charge is 0.251 e. The maximum Gasteiger partial charge on any atom is 0.251 e. The molecule has 0 amide bonds. The van der Waals surface area contributed by atoms with E-state index in [0.717, 1.165) is 11.3 Å². The van der Waals surface area contributed by atoms with Crippen LogP contribution in [0, 0.1) is 0 Å². The molecule has 0 aromatic carbocycles. The van der Waals surface area contributed by atoms with Gasteiger partial charge in [0.2, 0.25) is 11.1 Å². The molecular weight excluding hydrogens is 166 g/mol. The number of aromatic nitrogens is 3. The molecule has 7 heteroatoms. The first-order valence-electron chi connectivity index (χ1n) is 2.78. The van der Waals surface area contributed by atoms with Gasteiger partial charge in [0.1, 0.15) is 0 Å². The molecule has 0 aliphatic carbocycles. The van der Waals surface area contributed by atoms with Gasteiger partial charge in [-0.15, -0.1) is 5.10 Å². The Morgan fingerprint density at radius 2 is 2.18 bits per heavy atom. The van der Waals surface area contributed by atoms with Crippen LogP contribution in [0.5, 0.6) is 5.88 Å². The highest BCUT2D eigenvalue weighted by Crippen LogP contribution is 2.27. The first kappa shape index (κ1) is 6.23. The second-order valence-electron chi connectivity index (χ2n) is 1.95. The van der Waals surface area contributed by atoms with Gasteiger partial charge in [-0.2, -0.15) is 9.50 Å². The highest BCUT2D eigenvalue weighted by Gasteiger charge is 2.11. The molecule has 0 saturated heterocycles. The Morgan fingerprint density at radius 3 is 2.82 bits per heavy atom. The SMILES string of the molecule is Nc1nn2c(N)nc(O)c2s1. The summed E-state index contributed by atoms with van der Waals surface area (Å²) < 4.78 is 1.30. The zero-order valence-electron chi connectivity index (χ0n) is 5.35. The van der Waals surface area contributed by atoms with Crippen molar-refractivity contribution in [2.45, 2.75) is 0 Å². The van der Waals surface area contributed by atoms with Gasteiger partial charge in [0.25, 0.3) is 5.88 Å². The van der Waals surface area contributed by atoms with Crippen LogP contribution in [0.4, 0.5) is 11.1 Å². The van der Waals surface area contributed by atoms with E-state index < -0.39 is 0 Å². The van der Waals surface area contributed by atoms with E-state index in [0.29, 0.717) is 9.96 Å². The van der Waals surface area contributed by atoms with Crippen molar-refractivity contribution in [1.82, 2.24) is 14.6 Å². The maximum absolute atomic E-state index is 9.11. The third-order valence-electron chi connectivity index (χ3n) is 1.22. The van der Waals surface area contributed by atoms with Crippen LogP contribution in [0.15, 0.2) is 0 Å². The third kappa shape index (κ3) is 0.709. The second-order valence-corrected chi connectivity index (χ2v) is 2.96. The number of imidazole rings is 1. The molecule has 5 N–H and O–H groups in total. The Kier molecular flexibility index (Phi) is 0.994. The number of hydrogen-bond donors (Lipinski definition) is 3. The Morgan fingerprint density at radius 1 is 1.45 bits per heavy atom. The predicted octanol–water partition coefficient (Wildman–Crippen LogP) is -0.339. The minimum absolute atomic E-state index is 0.128. The largest absolute Gasteiger partial charge is 0.491 e. The van der Waals surface area contributed by atoms with Crippen molar-refractivity contribution in [3.05, 3.63) is 0 Å².